The maximum atomic E-state index is 13.8. The number of benzene rings is 1. The summed E-state index contributed by atoms with van der Waals surface area (Å²) in [6, 6.07) is 4.88. The third-order valence-electron chi connectivity index (χ3n) is 3.13. The van der Waals surface area contributed by atoms with Gasteiger partial charge < -0.3 is 5.32 Å². The molecule has 0 unspecified atom stereocenters. The van der Waals surface area contributed by atoms with Crippen molar-refractivity contribution < 1.29 is 4.39 Å². The summed E-state index contributed by atoms with van der Waals surface area (Å²) in [6.07, 6.45) is 4.40. The van der Waals surface area contributed by atoms with Crippen LogP contribution in [0.25, 0.3) is 5.69 Å². The highest BCUT2D eigenvalue weighted by molar-refractivity contribution is 9.10. The Bertz CT molecular complexity index is 580. The Morgan fingerprint density at radius 1 is 1.42 bits per heavy atom. The molecule has 1 aromatic heterocycles. The van der Waals surface area contributed by atoms with E-state index >= 15 is 0 Å². The summed E-state index contributed by atoms with van der Waals surface area (Å²) in [4.78, 5) is 0. The largest absolute Gasteiger partial charge is 0.311 e. The molecule has 1 fully saturated rings. The van der Waals surface area contributed by atoms with E-state index in [-0.39, 0.29) is 5.82 Å². The fourth-order valence-electron chi connectivity index (χ4n) is 1.89. The van der Waals surface area contributed by atoms with E-state index in [0.717, 1.165) is 18.2 Å². The number of halogens is 2. The Kier molecular flexibility index (Phi) is 3.61. The molecule has 1 N–H and O–H groups in total. The molecule has 19 heavy (non-hydrogen) atoms. The van der Waals surface area contributed by atoms with E-state index in [4.69, 9.17) is 0 Å². The summed E-state index contributed by atoms with van der Waals surface area (Å²) < 4.78 is 16.0. The molecule has 0 amide bonds. The Balaban J connectivity index is 1.68. The van der Waals surface area contributed by atoms with Crippen molar-refractivity contribution in [2.24, 2.45) is 5.92 Å². The highest BCUT2D eigenvalue weighted by Gasteiger charge is 2.20. The molecule has 1 aromatic carbocycles. The van der Waals surface area contributed by atoms with Crippen molar-refractivity contribution in [1.29, 1.82) is 0 Å². The second-order valence-corrected chi connectivity index (χ2v) is 5.74. The summed E-state index contributed by atoms with van der Waals surface area (Å²) in [5.41, 5.74) is 1.23. The number of rotatable bonds is 5. The Hall–Kier alpha value is -1.27. The minimum absolute atomic E-state index is 0.322. The first-order valence-corrected chi connectivity index (χ1v) is 7.09. The molecule has 6 heteroatoms. The third kappa shape index (κ3) is 3.19. The van der Waals surface area contributed by atoms with Crippen LogP contribution in [-0.2, 0) is 6.54 Å². The van der Waals surface area contributed by atoms with Gasteiger partial charge in [0.2, 0.25) is 0 Å². The molecular weight excluding hydrogens is 311 g/mol. The van der Waals surface area contributed by atoms with E-state index in [9.17, 15) is 4.39 Å². The van der Waals surface area contributed by atoms with E-state index in [1.54, 1.807) is 18.3 Å². The van der Waals surface area contributed by atoms with E-state index in [2.05, 4.69) is 31.6 Å². The quantitative estimate of drug-likeness (QED) is 0.919. The van der Waals surface area contributed by atoms with E-state index < -0.39 is 0 Å². The summed E-state index contributed by atoms with van der Waals surface area (Å²) >= 11 is 3.23. The van der Waals surface area contributed by atoms with Crippen molar-refractivity contribution in [2.75, 3.05) is 6.54 Å². The molecule has 4 nitrogen and oxygen atoms in total. The maximum absolute atomic E-state index is 13.8. The van der Waals surface area contributed by atoms with Crippen LogP contribution in [-0.4, -0.2) is 21.5 Å². The Morgan fingerprint density at radius 2 is 2.26 bits per heavy atom. The van der Waals surface area contributed by atoms with Crippen molar-refractivity contribution in [1.82, 2.24) is 20.3 Å². The molecule has 0 radical (unpaired) electrons. The van der Waals surface area contributed by atoms with Gasteiger partial charge in [0.1, 0.15) is 11.5 Å². The average molecular weight is 325 g/mol. The monoisotopic (exact) mass is 324 g/mol. The van der Waals surface area contributed by atoms with Gasteiger partial charge in [0.15, 0.2) is 0 Å². The lowest BCUT2D eigenvalue weighted by Gasteiger charge is -2.02. The topological polar surface area (TPSA) is 42.7 Å². The Morgan fingerprint density at radius 3 is 3.00 bits per heavy atom. The van der Waals surface area contributed by atoms with E-state index in [1.165, 1.54) is 23.6 Å². The van der Waals surface area contributed by atoms with Crippen LogP contribution in [0.2, 0.25) is 0 Å². The molecule has 0 spiro atoms. The lowest BCUT2D eigenvalue weighted by atomic mass is 10.3. The van der Waals surface area contributed by atoms with Gasteiger partial charge >= 0.3 is 0 Å². The molecule has 3 rings (SSSR count). The molecule has 1 heterocycles. The molecule has 1 aliphatic carbocycles. The van der Waals surface area contributed by atoms with Crippen LogP contribution in [0.15, 0.2) is 28.9 Å². The average Bonchev–Trinajstić information content (AvgIpc) is 3.07. The van der Waals surface area contributed by atoms with Gasteiger partial charge in [-0.25, -0.2) is 9.07 Å². The number of hydrogen-bond donors (Lipinski definition) is 1. The standard InChI is InChI=1S/C13H14BrFN4/c14-10-3-4-13(12(15)5-10)19-8-11(17-18-19)7-16-6-9-1-2-9/h3-5,8-9,16H,1-2,6-7H2. The normalized spacial score (nSPS) is 14.8. The smallest absolute Gasteiger partial charge is 0.150 e. The number of aromatic nitrogens is 3. The maximum Gasteiger partial charge on any atom is 0.150 e. The molecular formula is C13H14BrFN4. The van der Waals surface area contributed by atoms with Gasteiger partial charge in [0.25, 0.3) is 0 Å². The van der Waals surface area contributed by atoms with Gasteiger partial charge in [-0.1, -0.05) is 21.1 Å². The number of nitrogens with one attached hydrogen (secondary N) is 1. The lowest BCUT2D eigenvalue weighted by Crippen LogP contribution is -2.16. The zero-order valence-electron chi connectivity index (χ0n) is 10.3. The first-order chi connectivity index (χ1) is 9.22. The predicted octanol–water partition coefficient (Wildman–Crippen LogP) is 2.67. The minimum atomic E-state index is -0.322. The highest BCUT2D eigenvalue weighted by atomic mass is 79.9. The SMILES string of the molecule is Fc1cc(Br)ccc1-n1cc(CNCC2CC2)nn1. The first kappa shape index (κ1) is 12.7. The number of nitrogens with zero attached hydrogens (tertiary/aromatic N) is 3. The van der Waals surface area contributed by atoms with Crippen LogP contribution in [0.5, 0.6) is 0 Å². The van der Waals surface area contributed by atoms with Crippen molar-refractivity contribution >= 4 is 15.9 Å². The second kappa shape index (κ2) is 5.38. The molecule has 0 atom stereocenters. The summed E-state index contributed by atoms with van der Waals surface area (Å²) in [7, 11) is 0. The summed E-state index contributed by atoms with van der Waals surface area (Å²) in [5, 5.41) is 11.3. The second-order valence-electron chi connectivity index (χ2n) is 4.82. The van der Waals surface area contributed by atoms with Gasteiger partial charge in [-0.05, 0) is 43.5 Å². The van der Waals surface area contributed by atoms with Gasteiger partial charge in [0, 0.05) is 11.0 Å². The van der Waals surface area contributed by atoms with Crippen molar-refractivity contribution in [2.45, 2.75) is 19.4 Å². The molecule has 2 aromatic rings. The summed E-state index contributed by atoms with van der Waals surface area (Å²) in [5.74, 6) is 0.510. The highest BCUT2D eigenvalue weighted by Crippen LogP contribution is 2.27. The molecule has 0 bridgehead atoms. The first-order valence-electron chi connectivity index (χ1n) is 6.30. The third-order valence-corrected chi connectivity index (χ3v) is 3.63. The van der Waals surface area contributed by atoms with Gasteiger partial charge in [-0.2, -0.15) is 0 Å². The van der Waals surface area contributed by atoms with Crippen LogP contribution in [0, 0.1) is 11.7 Å². The van der Waals surface area contributed by atoms with Crippen LogP contribution < -0.4 is 5.32 Å². The van der Waals surface area contributed by atoms with Crippen molar-refractivity contribution in [3.63, 3.8) is 0 Å². The minimum Gasteiger partial charge on any atom is -0.311 e. The molecule has 1 saturated carbocycles. The molecule has 0 aliphatic heterocycles. The lowest BCUT2D eigenvalue weighted by molar-refractivity contribution is 0.606. The molecule has 100 valence electrons. The zero-order valence-corrected chi connectivity index (χ0v) is 11.9. The van der Waals surface area contributed by atoms with Crippen LogP contribution in [0.4, 0.5) is 4.39 Å². The summed E-state index contributed by atoms with van der Waals surface area (Å²) in [6.45, 7) is 1.70. The van der Waals surface area contributed by atoms with Gasteiger partial charge in [-0.3, -0.25) is 0 Å². The van der Waals surface area contributed by atoms with Gasteiger partial charge in [-0.15, -0.1) is 5.10 Å². The molecule has 1 aliphatic rings. The van der Waals surface area contributed by atoms with Crippen molar-refractivity contribution in [3.8, 4) is 5.69 Å². The van der Waals surface area contributed by atoms with Crippen LogP contribution in [0.1, 0.15) is 18.5 Å². The van der Waals surface area contributed by atoms with Gasteiger partial charge in [0.05, 0.1) is 11.9 Å². The van der Waals surface area contributed by atoms with Crippen LogP contribution in [0.3, 0.4) is 0 Å². The fourth-order valence-corrected chi connectivity index (χ4v) is 2.22. The Labute approximate surface area is 119 Å². The predicted molar refractivity (Wildman–Crippen MR) is 73.4 cm³/mol. The van der Waals surface area contributed by atoms with E-state index in [0.29, 0.717) is 16.7 Å². The van der Waals surface area contributed by atoms with Crippen LogP contribution >= 0.6 is 15.9 Å². The zero-order chi connectivity index (χ0) is 13.2. The fraction of sp³-hybridized carbons (Fsp3) is 0.385. The van der Waals surface area contributed by atoms with Crippen molar-refractivity contribution in [3.05, 3.63) is 40.4 Å². The molecule has 0 saturated heterocycles. The number of hydrogen-bond acceptors (Lipinski definition) is 3. The van der Waals surface area contributed by atoms with E-state index in [1.807, 2.05) is 0 Å².